The van der Waals surface area contributed by atoms with Gasteiger partial charge in [0.05, 0.1) is 0 Å². The van der Waals surface area contributed by atoms with Gasteiger partial charge in [0.25, 0.3) is 0 Å². The van der Waals surface area contributed by atoms with Gasteiger partial charge >= 0.3 is 0 Å². The predicted molar refractivity (Wildman–Crippen MR) is 63.3 cm³/mol. The molecular formula is C12H23Br. The molecule has 1 aliphatic rings. The number of hydrogen-bond donors (Lipinski definition) is 0. The third-order valence-corrected chi connectivity index (χ3v) is 4.86. The standard InChI is InChI=1S/C12H23Br/c1-10-4-6-11(7-5-10)8-12(2,3)9-13/h10-11H,4-9H2,1-3H3. The minimum Gasteiger partial charge on any atom is -0.0922 e. The van der Waals surface area contributed by atoms with Gasteiger partial charge in [-0.2, -0.15) is 0 Å². The van der Waals surface area contributed by atoms with E-state index in [1.165, 1.54) is 32.1 Å². The molecule has 0 unspecified atom stereocenters. The Morgan fingerprint density at radius 2 is 1.69 bits per heavy atom. The molecule has 13 heavy (non-hydrogen) atoms. The fraction of sp³-hybridized carbons (Fsp3) is 1.00. The first-order chi connectivity index (χ1) is 6.03. The molecule has 0 nitrogen and oxygen atoms in total. The van der Waals surface area contributed by atoms with Crippen LogP contribution in [0.4, 0.5) is 0 Å². The second-order valence-electron chi connectivity index (χ2n) is 5.63. The van der Waals surface area contributed by atoms with Crippen LogP contribution in [0.3, 0.4) is 0 Å². The Balaban J connectivity index is 2.30. The fourth-order valence-electron chi connectivity index (χ4n) is 2.37. The summed E-state index contributed by atoms with van der Waals surface area (Å²) in [6, 6.07) is 0. The molecule has 0 amide bonds. The van der Waals surface area contributed by atoms with E-state index < -0.39 is 0 Å². The van der Waals surface area contributed by atoms with Gasteiger partial charge in [-0.05, 0) is 23.7 Å². The molecule has 0 saturated heterocycles. The molecule has 1 rings (SSSR count). The molecule has 1 aliphatic carbocycles. The van der Waals surface area contributed by atoms with Gasteiger partial charge in [0.15, 0.2) is 0 Å². The minimum absolute atomic E-state index is 0.505. The van der Waals surface area contributed by atoms with Crippen LogP contribution >= 0.6 is 15.9 Å². The summed E-state index contributed by atoms with van der Waals surface area (Å²) in [5.74, 6) is 1.99. The van der Waals surface area contributed by atoms with Crippen LogP contribution in [-0.2, 0) is 0 Å². The molecule has 0 aromatic carbocycles. The molecule has 1 fully saturated rings. The molecule has 1 heteroatoms. The summed E-state index contributed by atoms with van der Waals surface area (Å²) < 4.78 is 0. The van der Waals surface area contributed by atoms with E-state index in [0.717, 1.165) is 17.2 Å². The maximum Gasteiger partial charge on any atom is 0.00827 e. The monoisotopic (exact) mass is 246 g/mol. The van der Waals surface area contributed by atoms with Crippen LogP contribution in [0, 0.1) is 17.3 Å². The first kappa shape index (κ1) is 11.6. The summed E-state index contributed by atoms with van der Waals surface area (Å²) in [6.07, 6.45) is 7.27. The second-order valence-corrected chi connectivity index (χ2v) is 6.19. The van der Waals surface area contributed by atoms with Gasteiger partial charge in [-0.25, -0.2) is 0 Å². The van der Waals surface area contributed by atoms with Crippen LogP contribution in [-0.4, -0.2) is 5.33 Å². The van der Waals surface area contributed by atoms with Crippen molar-refractivity contribution in [2.75, 3.05) is 5.33 Å². The molecule has 78 valence electrons. The summed E-state index contributed by atoms with van der Waals surface area (Å²) in [7, 11) is 0. The zero-order chi connectivity index (χ0) is 9.90. The van der Waals surface area contributed by atoms with Crippen LogP contribution in [0.5, 0.6) is 0 Å². The molecule has 0 atom stereocenters. The molecule has 0 bridgehead atoms. The van der Waals surface area contributed by atoms with Gasteiger partial charge in [0.1, 0.15) is 0 Å². The Kier molecular flexibility index (Phi) is 4.28. The molecule has 0 spiro atoms. The molecule has 0 aliphatic heterocycles. The van der Waals surface area contributed by atoms with Crippen molar-refractivity contribution < 1.29 is 0 Å². The summed E-state index contributed by atoms with van der Waals surface area (Å²) >= 11 is 3.61. The van der Waals surface area contributed by atoms with Gasteiger partial charge in [-0.1, -0.05) is 62.4 Å². The Labute approximate surface area is 91.6 Å². The van der Waals surface area contributed by atoms with Crippen LogP contribution in [0.15, 0.2) is 0 Å². The molecule has 0 radical (unpaired) electrons. The Morgan fingerprint density at radius 1 is 1.15 bits per heavy atom. The highest BCUT2D eigenvalue weighted by Crippen LogP contribution is 2.37. The van der Waals surface area contributed by atoms with E-state index in [-0.39, 0.29) is 0 Å². The lowest BCUT2D eigenvalue weighted by atomic mass is 9.75. The highest BCUT2D eigenvalue weighted by atomic mass is 79.9. The number of rotatable bonds is 3. The van der Waals surface area contributed by atoms with Crippen molar-refractivity contribution in [1.29, 1.82) is 0 Å². The van der Waals surface area contributed by atoms with Crippen molar-refractivity contribution in [1.82, 2.24) is 0 Å². The van der Waals surface area contributed by atoms with Crippen molar-refractivity contribution in [3.63, 3.8) is 0 Å². The topological polar surface area (TPSA) is 0 Å². The van der Waals surface area contributed by atoms with E-state index in [0.29, 0.717) is 5.41 Å². The van der Waals surface area contributed by atoms with Crippen molar-refractivity contribution in [3.05, 3.63) is 0 Å². The van der Waals surface area contributed by atoms with E-state index in [2.05, 4.69) is 36.7 Å². The van der Waals surface area contributed by atoms with Crippen molar-refractivity contribution in [2.45, 2.75) is 52.9 Å². The van der Waals surface area contributed by atoms with Gasteiger partial charge in [0, 0.05) is 5.33 Å². The lowest BCUT2D eigenvalue weighted by molar-refractivity contribution is 0.215. The fourth-order valence-corrected chi connectivity index (χ4v) is 2.60. The Hall–Kier alpha value is 0.480. The smallest absolute Gasteiger partial charge is 0.00827 e. The van der Waals surface area contributed by atoms with E-state index in [9.17, 15) is 0 Å². The first-order valence-electron chi connectivity index (χ1n) is 5.59. The average molecular weight is 247 g/mol. The molecule has 0 N–H and O–H groups in total. The van der Waals surface area contributed by atoms with Crippen LogP contribution in [0.2, 0.25) is 0 Å². The van der Waals surface area contributed by atoms with Crippen LogP contribution in [0.1, 0.15) is 52.9 Å². The maximum absolute atomic E-state index is 3.61. The van der Waals surface area contributed by atoms with Crippen molar-refractivity contribution >= 4 is 15.9 Å². The van der Waals surface area contributed by atoms with Crippen molar-refractivity contribution in [2.24, 2.45) is 17.3 Å². The van der Waals surface area contributed by atoms with Gasteiger partial charge in [-0.3, -0.25) is 0 Å². The summed E-state index contributed by atoms with van der Waals surface area (Å²) in [5.41, 5.74) is 0.505. The molecule has 0 aromatic rings. The number of hydrogen-bond acceptors (Lipinski definition) is 0. The van der Waals surface area contributed by atoms with E-state index in [1.54, 1.807) is 0 Å². The van der Waals surface area contributed by atoms with Crippen LogP contribution in [0.25, 0.3) is 0 Å². The largest absolute Gasteiger partial charge is 0.0922 e. The van der Waals surface area contributed by atoms with Crippen molar-refractivity contribution in [3.8, 4) is 0 Å². The highest BCUT2D eigenvalue weighted by molar-refractivity contribution is 9.09. The summed E-state index contributed by atoms with van der Waals surface area (Å²) in [4.78, 5) is 0. The normalized spacial score (nSPS) is 30.5. The van der Waals surface area contributed by atoms with Gasteiger partial charge < -0.3 is 0 Å². The Bertz CT molecular complexity index is 143. The lowest BCUT2D eigenvalue weighted by Crippen LogP contribution is -2.22. The molecule has 1 saturated carbocycles. The lowest BCUT2D eigenvalue weighted by Gasteiger charge is -2.32. The molecule has 0 aromatic heterocycles. The summed E-state index contributed by atoms with van der Waals surface area (Å²) in [6.45, 7) is 7.14. The third kappa shape index (κ3) is 4.01. The SMILES string of the molecule is CC1CCC(CC(C)(C)CBr)CC1. The number of alkyl halides is 1. The average Bonchev–Trinajstić information content (AvgIpc) is 2.09. The van der Waals surface area contributed by atoms with Gasteiger partial charge in [-0.15, -0.1) is 0 Å². The van der Waals surface area contributed by atoms with Gasteiger partial charge in [0.2, 0.25) is 0 Å². The maximum atomic E-state index is 3.61. The molecular weight excluding hydrogens is 224 g/mol. The summed E-state index contributed by atoms with van der Waals surface area (Å²) in [5, 5.41) is 1.14. The third-order valence-electron chi connectivity index (χ3n) is 3.34. The number of halogens is 1. The Morgan fingerprint density at radius 3 is 2.15 bits per heavy atom. The minimum atomic E-state index is 0.505. The highest BCUT2D eigenvalue weighted by Gasteiger charge is 2.25. The van der Waals surface area contributed by atoms with E-state index >= 15 is 0 Å². The quantitative estimate of drug-likeness (QED) is 0.638. The van der Waals surface area contributed by atoms with E-state index in [1.807, 2.05) is 0 Å². The van der Waals surface area contributed by atoms with Crippen LogP contribution < -0.4 is 0 Å². The molecule has 0 heterocycles. The predicted octanol–water partition coefficient (Wildman–Crippen LogP) is 4.62. The zero-order valence-electron chi connectivity index (χ0n) is 9.28. The zero-order valence-corrected chi connectivity index (χ0v) is 10.9. The first-order valence-corrected chi connectivity index (χ1v) is 6.71. The van der Waals surface area contributed by atoms with E-state index in [4.69, 9.17) is 0 Å². The second kappa shape index (κ2) is 4.82.